The lowest BCUT2D eigenvalue weighted by Crippen LogP contribution is -2.24. The van der Waals surface area contributed by atoms with Crippen LogP contribution in [0.3, 0.4) is 0 Å². The molecule has 0 heterocycles. The first-order chi connectivity index (χ1) is 9.61. The molecule has 104 valence electrons. The molecule has 1 amide bonds. The molecule has 0 saturated heterocycles. The van der Waals surface area contributed by atoms with E-state index in [1.54, 1.807) is 11.8 Å². The summed E-state index contributed by atoms with van der Waals surface area (Å²) in [5.74, 6) is -0.0124. The predicted octanol–water partition coefficient (Wildman–Crippen LogP) is 3.96. The minimum absolute atomic E-state index is 0.0124. The largest absolute Gasteiger partial charge is 0.348 e. The molecule has 0 aliphatic carbocycles. The monoisotopic (exact) mass is 285 g/mol. The molecule has 0 bridgehead atoms. The van der Waals surface area contributed by atoms with Crippen LogP contribution in [0.1, 0.15) is 27.0 Å². The number of carbonyl (C=O) groups excluding carboxylic acids is 1. The van der Waals surface area contributed by atoms with Crippen molar-refractivity contribution in [2.24, 2.45) is 0 Å². The summed E-state index contributed by atoms with van der Waals surface area (Å²) in [6.07, 6.45) is 2.01. The lowest BCUT2D eigenvalue weighted by molar-refractivity contribution is 0.0950. The van der Waals surface area contributed by atoms with Crippen molar-refractivity contribution in [2.75, 3.05) is 6.26 Å². The Kier molecular flexibility index (Phi) is 4.85. The van der Waals surface area contributed by atoms with Crippen LogP contribution in [-0.4, -0.2) is 12.2 Å². The van der Waals surface area contributed by atoms with E-state index in [2.05, 4.69) is 18.3 Å². The molecule has 0 spiro atoms. The highest BCUT2D eigenvalue weighted by atomic mass is 32.2. The fraction of sp³-hybridized carbons (Fsp3) is 0.235. The summed E-state index contributed by atoms with van der Waals surface area (Å²) in [5, 5.41) is 3.00. The standard InChI is InChI=1S/C17H19NOS/c1-12-6-4-5-7-14(12)11-18-17(19)16-10-15(20-3)9-8-13(16)2/h4-10H,11H2,1-3H3,(H,18,19). The summed E-state index contributed by atoms with van der Waals surface area (Å²) >= 11 is 1.65. The number of nitrogens with one attached hydrogen (secondary N) is 1. The van der Waals surface area contributed by atoms with Crippen molar-refractivity contribution < 1.29 is 4.79 Å². The van der Waals surface area contributed by atoms with Gasteiger partial charge in [-0.2, -0.15) is 0 Å². The average molecular weight is 285 g/mol. The second-order valence-electron chi connectivity index (χ2n) is 4.79. The highest BCUT2D eigenvalue weighted by Crippen LogP contribution is 2.19. The topological polar surface area (TPSA) is 29.1 Å². The first-order valence-electron chi connectivity index (χ1n) is 6.59. The van der Waals surface area contributed by atoms with Gasteiger partial charge in [-0.1, -0.05) is 30.3 Å². The maximum Gasteiger partial charge on any atom is 0.251 e. The van der Waals surface area contributed by atoms with Crippen molar-refractivity contribution in [3.63, 3.8) is 0 Å². The van der Waals surface area contributed by atoms with Crippen LogP contribution in [-0.2, 0) is 6.54 Å². The van der Waals surface area contributed by atoms with E-state index in [0.717, 1.165) is 21.6 Å². The molecule has 3 heteroatoms. The molecule has 0 fully saturated rings. The minimum atomic E-state index is -0.0124. The summed E-state index contributed by atoms with van der Waals surface area (Å²) in [5.41, 5.74) is 4.11. The van der Waals surface area contributed by atoms with Crippen LogP contribution in [0, 0.1) is 13.8 Å². The fourth-order valence-corrected chi connectivity index (χ4v) is 2.49. The molecular formula is C17H19NOS. The first kappa shape index (κ1) is 14.7. The van der Waals surface area contributed by atoms with Crippen molar-refractivity contribution in [3.8, 4) is 0 Å². The molecule has 0 aliphatic heterocycles. The number of benzene rings is 2. The van der Waals surface area contributed by atoms with Crippen LogP contribution in [0.4, 0.5) is 0 Å². The average Bonchev–Trinajstić information content (AvgIpc) is 2.46. The number of hydrogen-bond donors (Lipinski definition) is 1. The highest BCUT2D eigenvalue weighted by molar-refractivity contribution is 7.98. The van der Waals surface area contributed by atoms with Gasteiger partial charge in [0.15, 0.2) is 0 Å². The molecule has 20 heavy (non-hydrogen) atoms. The van der Waals surface area contributed by atoms with E-state index in [9.17, 15) is 4.79 Å². The van der Waals surface area contributed by atoms with Gasteiger partial charge in [0.05, 0.1) is 0 Å². The van der Waals surface area contributed by atoms with E-state index < -0.39 is 0 Å². The van der Waals surface area contributed by atoms with Crippen LogP contribution in [0.5, 0.6) is 0 Å². The van der Waals surface area contributed by atoms with E-state index in [4.69, 9.17) is 0 Å². The Labute approximate surface area is 124 Å². The number of thioether (sulfide) groups is 1. The van der Waals surface area contributed by atoms with Crippen molar-refractivity contribution in [3.05, 3.63) is 64.7 Å². The van der Waals surface area contributed by atoms with E-state index >= 15 is 0 Å². The number of carbonyl (C=O) groups is 1. The van der Waals surface area contributed by atoms with Crippen LogP contribution in [0.25, 0.3) is 0 Å². The summed E-state index contributed by atoms with van der Waals surface area (Å²) < 4.78 is 0. The Hall–Kier alpha value is -1.74. The second-order valence-corrected chi connectivity index (χ2v) is 5.67. The van der Waals surface area contributed by atoms with Gasteiger partial charge in [0.25, 0.3) is 5.91 Å². The van der Waals surface area contributed by atoms with Crippen molar-refractivity contribution >= 4 is 17.7 Å². The molecular weight excluding hydrogens is 266 g/mol. The quantitative estimate of drug-likeness (QED) is 0.862. The Balaban J connectivity index is 2.11. The Morgan fingerprint density at radius 2 is 1.85 bits per heavy atom. The SMILES string of the molecule is CSc1ccc(C)c(C(=O)NCc2ccccc2C)c1. The highest BCUT2D eigenvalue weighted by Gasteiger charge is 2.10. The molecule has 0 saturated carbocycles. The van der Waals surface area contributed by atoms with Crippen LogP contribution < -0.4 is 5.32 Å². The van der Waals surface area contributed by atoms with E-state index in [0.29, 0.717) is 6.54 Å². The molecule has 2 rings (SSSR count). The number of hydrogen-bond acceptors (Lipinski definition) is 2. The molecule has 2 nitrogen and oxygen atoms in total. The zero-order valence-electron chi connectivity index (χ0n) is 12.1. The minimum Gasteiger partial charge on any atom is -0.348 e. The number of rotatable bonds is 4. The van der Waals surface area contributed by atoms with E-state index in [1.165, 1.54) is 5.56 Å². The number of amides is 1. The molecule has 0 radical (unpaired) electrons. The summed E-state index contributed by atoms with van der Waals surface area (Å²) in [6, 6.07) is 14.1. The van der Waals surface area contributed by atoms with Gasteiger partial charge in [0.2, 0.25) is 0 Å². The van der Waals surface area contributed by atoms with Gasteiger partial charge in [0.1, 0.15) is 0 Å². The second kappa shape index (κ2) is 6.62. The van der Waals surface area contributed by atoms with Crippen LogP contribution in [0.15, 0.2) is 47.4 Å². The van der Waals surface area contributed by atoms with Crippen LogP contribution in [0.2, 0.25) is 0 Å². The molecule has 0 unspecified atom stereocenters. The summed E-state index contributed by atoms with van der Waals surface area (Å²) in [7, 11) is 0. The summed E-state index contributed by atoms with van der Waals surface area (Å²) in [4.78, 5) is 13.4. The van der Waals surface area contributed by atoms with Gasteiger partial charge in [0, 0.05) is 17.0 Å². The van der Waals surface area contributed by atoms with Gasteiger partial charge in [-0.3, -0.25) is 4.79 Å². The Morgan fingerprint density at radius 1 is 1.10 bits per heavy atom. The van der Waals surface area contributed by atoms with Crippen molar-refractivity contribution in [1.82, 2.24) is 5.32 Å². The molecule has 0 aliphatic rings. The first-order valence-corrected chi connectivity index (χ1v) is 7.81. The maximum absolute atomic E-state index is 12.3. The zero-order valence-corrected chi connectivity index (χ0v) is 12.9. The summed E-state index contributed by atoms with van der Waals surface area (Å²) in [6.45, 7) is 4.59. The Morgan fingerprint density at radius 3 is 2.55 bits per heavy atom. The molecule has 2 aromatic rings. The Bertz CT molecular complexity index is 622. The van der Waals surface area contributed by atoms with Crippen LogP contribution >= 0.6 is 11.8 Å². The van der Waals surface area contributed by atoms with E-state index in [-0.39, 0.29) is 5.91 Å². The molecule has 0 atom stereocenters. The van der Waals surface area contributed by atoms with Gasteiger partial charge in [-0.05, 0) is 48.9 Å². The normalized spacial score (nSPS) is 10.3. The van der Waals surface area contributed by atoms with Gasteiger partial charge < -0.3 is 5.32 Å². The lowest BCUT2D eigenvalue weighted by Gasteiger charge is -2.10. The number of aryl methyl sites for hydroxylation is 2. The third-order valence-corrected chi connectivity index (χ3v) is 4.12. The fourth-order valence-electron chi connectivity index (χ4n) is 2.05. The van der Waals surface area contributed by atoms with E-state index in [1.807, 2.05) is 49.6 Å². The smallest absolute Gasteiger partial charge is 0.251 e. The third-order valence-electron chi connectivity index (χ3n) is 3.39. The molecule has 2 aromatic carbocycles. The zero-order chi connectivity index (χ0) is 14.5. The molecule has 0 aromatic heterocycles. The van der Waals surface area contributed by atoms with Gasteiger partial charge >= 0.3 is 0 Å². The maximum atomic E-state index is 12.3. The lowest BCUT2D eigenvalue weighted by atomic mass is 10.1. The van der Waals surface area contributed by atoms with Gasteiger partial charge in [-0.25, -0.2) is 0 Å². The third kappa shape index (κ3) is 3.42. The van der Waals surface area contributed by atoms with Crippen molar-refractivity contribution in [2.45, 2.75) is 25.3 Å². The predicted molar refractivity (Wildman–Crippen MR) is 85.3 cm³/mol. The molecule has 1 N–H and O–H groups in total. The van der Waals surface area contributed by atoms with Gasteiger partial charge in [-0.15, -0.1) is 11.8 Å². The van der Waals surface area contributed by atoms with Crippen molar-refractivity contribution in [1.29, 1.82) is 0 Å².